The number of hydrogen-bond donors (Lipinski definition) is 4. The van der Waals surface area contributed by atoms with Crippen molar-refractivity contribution in [3.63, 3.8) is 0 Å². The monoisotopic (exact) mass is 722 g/mol. The largest absolute Gasteiger partial charge is 2.00 e. The molecule has 2 aromatic rings. The van der Waals surface area contributed by atoms with Crippen LogP contribution in [0.5, 0.6) is 0 Å². The van der Waals surface area contributed by atoms with Crippen molar-refractivity contribution in [2.75, 3.05) is 26.2 Å². The summed E-state index contributed by atoms with van der Waals surface area (Å²) in [5.74, 6) is -3.50. The van der Waals surface area contributed by atoms with Gasteiger partial charge in [-0.05, 0) is 11.1 Å². The first-order valence-electron chi connectivity index (χ1n) is 12.9. The zero-order chi connectivity index (χ0) is 33.2. The number of amides is 2. The van der Waals surface area contributed by atoms with Gasteiger partial charge < -0.3 is 40.7 Å². The van der Waals surface area contributed by atoms with Crippen LogP contribution in [0.2, 0.25) is 0 Å². The summed E-state index contributed by atoms with van der Waals surface area (Å²) in [5, 5.41) is 0.365. The topological polar surface area (TPSA) is 277 Å². The van der Waals surface area contributed by atoms with E-state index in [9.17, 15) is 45.1 Å². The number of esters is 2. The Labute approximate surface area is 273 Å². The van der Waals surface area contributed by atoms with E-state index in [0.717, 1.165) is 0 Å². The van der Waals surface area contributed by atoms with E-state index in [1.807, 2.05) is 0 Å². The minimum Gasteiger partial charge on any atom is -0.747 e. The molecule has 0 heterocycles. The van der Waals surface area contributed by atoms with Crippen molar-refractivity contribution in [2.45, 2.75) is 36.6 Å². The van der Waals surface area contributed by atoms with Crippen LogP contribution in [0.4, 0.5) is 0 Å². The van der Waals surface area contributed by atoms with Crippen LogP contribution in [0.3, 0.4) is 0 Å². The van der Waals surface area contributed by atoms with Crippen molar-refractivity contribution in [1.82, 2.24) is 10.6 Å². The second kappa shape index (κ2) is 21.4. The van der Waals surface area contributed by atoms with Crippen molar-refractivity contribution in [2.24, 2.45) is 11.5 Å². The second-order valence-electron chi connectivity index (χ2n) is 8.84. The Bertz CT molecular complexity index is 1320. The van der Waals surface area contributed by atoms with E-state index in [0.29, 0.717) is 11.1 Å². The SMILES string of the molecule is NCCC(=O)NCC(C(=O)OCc1ccccc1)S(=O)(=O)[O-].NCCC(=O)NCC(C(=O)OCc1ccccc1)S(=O)(=O)[O-].[Zn+2]. The number of ether oxygens (including phenoxy) is 2. The minimum atomic E-state index is -4.95. The van der Waals surface area contributed by atoms with Crippen LogP contribution in [0.25, 0.3) is 0 Å². The van der Waals surface area contributed by atoms with E-state index >= 15 is 0 Å². The number of carbonyl (C=O) groups excluding carboxylic acids is 4. The molecule has 2 atom stereocenters. The molecule has 0 aliphatic heterocycles. The summed E-state index contributed by atoms with van der Waals surface area (Å²) in [4.78, 5) is 46.0. The molecule has 2 aromatic carbocycles. The maximum Gasteiger partial charge on any atom is 2.00 e. The molecule has 45 heavy (non-hydrogen) atoms. The predicted octanol–water partition coefficient (Wildman–Crippen LogP) is -1.79. The molecule has 0 spiro atoms. The third kappa shape index (κ3) is 17.7. The first-order valence-corrected chi connectivity index (χ1v) is 15.9. The average Bonchev–Trinajstić information content (AvgIpc) is 2.95. The molecule has 0 fully saturated rings. The molecule has 244 valence electrons. The van der Waals surface area contributed by atoms with Gasteiger partial charge in [-0.2, -0.15) is 0 Å². The molecule has 19 heteroatoms. The molecule has 0 saturated carbocycles. The molecular formula is C26H34N4O12S2Zn. The zero-order valence-corrected chi connectivity index (χ0v) is 28.8. The van der Waals surface area contributed by atoms with Gasteiger partial charge in [0.25, 0.3) is 0 Å². The van der Waals surface area contributed by atoms with Gasteiger partial charge in [-0.3, -0.25) is 19.2 Å². The number of rotatable bonds is 16. The normalized spacial score (nSPS) is 12.2. The van der Waals surface area contributed by atoms with Gasteiger partial charge in [0.15, 0.2) is 10.5 Å². The number of benzene rings is 2. The van der Waals surface area contributed by atoms with Gasteiger partial charge in [-0.15, -0.1) is 0 Å². The molecule has 6 N–H and O–H groups in total. The molecule has 16 nitrogen and oxygen atoms in total. The molecule has 0 bridgehead atoms. The number of hydrogen-bond acceptors (Lipinski definition) is 14. The van der Waals surface area contributed by atoms with Crippen molar-refractivity contribution in [3.8, 4) is 0 Å². The van der Waals surface area contributed by atoms with Crippen LogP contribution in [-0.2, 0) is 81.6 Å². The van der Waals surface area contributed by atoms with E-state index in [2.05, 4.69) is 10.6 Å². The molecule has 0 saturated heterocycles. The number of nitrogens with two attached hydrogens (primary N) is 2. The standard InChI is InChI=1S/2C13H18N2O6S.Zn/c2*14-7-6-12(16)15-8-11(22(18,19)20)13(17)21-9-10-4-2-1-3-5-10;/h2*1-5,11H,6-9,14H2,(H,15,16)(H,18,19,20);/q;;+2/p-2. The minimum absolute atomic E-state index is 0. The fourth-order valence-electron chi connectivity index (χ4n) is 3.10. The Morgan fingerprint density at radius 3 is 1.22 bits per heavy atom. The summed E-state index contributed by atoms with van der Waals surface area (Å²) in [6, 6.07) is 17.1. The third-order valence-corrected chi connectivity index (χ3v) is 7.49. The Kier molecular flexibility index (Phi) is 19.8. The van der Waals surface area contributed by atoms with Gasteiger partial charge in [0.05, 0.1) is 0 Å². The van der Waals surface area contributed by atoms with Gasteiger partial charge in [0.2, 0.25) is 11.8 Å². The molecule has 0 radical (unpaired) electrons. The van der Waals surface area contributed by atoms with Crippen molar-refractivity contribution >= 4 is 44.0 Å². The summed E-state index contributed by atoms with van der Waals surface area (Å²) >= 11 is 0. The first-order chi connectivity index (χ1) is 20.7. The Morgan fingerprint density at radius 1 is 0.644 bits per heavy atom. The fraction of sp³-hybridized carbons (Fsp3) is 0.385. The van der Waals surface area contributed by atoms with E-state index in [1.54, 1.807) is 60.7 Å². The van der Waals surface area contributed by atoms with Gasteiger partial charge in [-0.25, -0.2) is 16.8 Å². The Hall–Kier alpha value is -3.32. The summed E-state index contributed by atoms with van der Waals surface area (Å²) in [5.41, 5.74) is 11.6. The Balaban J connectivity index is 0.000000842. The van der Waals surface area contributed by atoms with Gasteiger partial charge in [0.1, 0.15) is 33.5 Å². The average molecular weight is 724 g/mol. The summed E-state index contributed by atoms with van der Waals surface area (Å²) in [6.07, 6.45) is -0.0740. The van der Waals surface area contributed by atoms with Crippen LogP contribution < -0.4 is 22.1 Å². The van der Waals surface area contributed by atoms with Gasteiger partial charge >= 0.3 is 31.4 Å². The number of carbonyl (C=O) groups is 4. The van der Waals surface area contributed by atoms with Crippen LogP contribution in [0, 0.1) is 0 Å². The summed E-state index contributed by atoms with van der Waals surface area (Å²) in [6.45, 7) is -1.47. The quantitative estimate of drug-likeness (QED) is 0.0846. The first kappa shape index (κ1) is 41.7. The third-order valence-electron chi connectivity index (χ3n) is 5.38. The van der Waals surface area contributed by atoms with Crippen LogP contribution >= 0.6 is 0 Å². The van der Waals surface area contributed by atoms with Crippen LogP contribution in [0.1, 0.15) is 24.0 Å². The molecule has 0 aromatic heterocycles. The summed E-state index contributed by atoms with van der Waals surface area (Å²) in [7, 11) is -9.90. The van der Waals surface area contributed by atoms with E-state index in [4.69, 9.17) is 20.9 Å². The number of nitrogens with one attached hydrogen (secondary N) is 2. The smallest absolute Gasteiger partial charge is 0.747 e. The van der Waals surface area contributed by atoms with Crippen molar-refractivity contribution < 1.29 is 74.1 Å². The molecule has 0 aliphatic rings. The van der Waals surface area contributed by atoms with Crippen molar-refractivity contribution in [3.05, 3.63) is 71.8 Å². The van der Waals surface area contributed by atoms with Gasteiger partial charge in [0, 0.05) is 39.0 Å². The van der Waals surface area contributed by atoms with E-state index in [1.165, 1.54) is 0 Å². The van der Waals surface area contributed by atoms with Crippen molar-refractivity contribution in [1.29, 1.82) is 0 Å². The van der Waals surface area contributed by atoms with E-state index < -0.39 is 67.6 Å². The predicted molar refractivity (Wildman–Crippen MR) is 153 cm³/mol. The summed E-state index contributed by atoms with van der Waals surface area (Å²) < 4.78 is 76.4. The Morgan fingerprint density at radius 2 is 0.956 bits per heavy atom. The maximum absolute atomic E-state index is 11.8. The van der Waals surface area contributed by atoms with Crippen LogP contribution in [0.15, 0.2) is 60.7 Å². The molecule has 2 amide bonds. The molecule has 2 unspecified atom stereocenters. The van der Waals surface area contributed by atoms with Gasteiger partial charge in [-0.1, -0.05) is 60.7 Å². The van der Waals surface area contributed by atoms with E-state index in [-0.39, 0.29) is 58.6 Å². The van der Waals surface area contributed by atoms with Crippen LogP contribution in [-0.4, -0.2) is 86.4 Å². The molecule has 2 rings (SSSR count). The fourth-order valence-corrected chi connectivity index (χ4v) is 4.28. The zero-order valence-electron chi connectivity index (χ0n) is 24.2. The molecule has 0 aliphatic carbocycles. The molecular weight excluding hydrogens is 690 g/mol. The maximum atomic E-state index is 11.8. The second-order valence-corrected chi connectivity index (χ2v) is 11.9.